The van der Waals surface area contributed by atoms with Crippen molar-refractivity contribution in [2.24, 2.45) is 4.99 Å². The van der Waals surface area contributed by atoms with E-state index in [-0.39, 0.29) is 0 Å². The zero-order valence-electron chi connectivity index (χ0n) is 20.0. The van der Waals surface area contributed by atoms with Crippen LogP contribution in [-0.4, -0.2) is 69.3 Å². The van der Waals surface area contributed by atoms with Crippen molar-refractivity contribution in [2.75, 3.05) is 58.3 Å². The Bertz CT molecular complexity index is 829. The molecule has 1 fully saturated rings. The van der Waals surface area contributed by atoms with E-state index in [1.165, 1.54) is 5.56 Å². The SMILES string of the molecule is CCNC(=NCc1ccc(N2CCN(C)CC2)nc1)NCCC(C)c1ccc(OC)cc1. The molecule has 7 heteroatoms. The molecule has 2 heterocycles. The average molecular weight is 439 g/mol. The van der Waals surface area contributed by atoms with Gasteiger partial charge in [0.15, 0.2) is 5.96 Å². The smallest absolute Gasteiger partial charge is 0.191 e. The molecule has 0 aliphatic carbocycles. The summed E-state index contributed by atoms with van der Waals surface area (Å²) >= 11 is 0. The first-order valence-corrected chi connectivity index (χ1v) is 11.6. The maximum Gasteiger partial charge on any atom is 0.191 e. The van der Waals surface area contributed by atoms with Crippen molar-refractivity contribution in [1.29, 1.82) is 0 Å². The van der Waals surface area contributed by atoms with Crippen LogP contribution in [0, 0.1) is 0 Å². The summed E-state index contributed by atoms with van der Waals surface area (Å²) in [4.78, 5) is 14.1. The number of aliphatic imine (C=N–C) groups is 1. The fourth-order valence-electron chi connectivity index (χ4n) is 3.75. The van der Waals surface area contributed by atoms with Crippen LogP contribution < -0.4 is 20.3 Å². The summed E-state index contributed by atoms with van der Waals surface area (Å²) in [6, 6.07) is 12.6. The zero-order chi connectivity index (χ0) is 22.8. The molecule has 7 nitrogen and oxygen atoms in total. The van der Waals surface area contributed by atoms with Crippen LogP contribution in [0.15, 0.2) is 47.6 Å². The molecule has 1 atom stereocenters. The number of nitrogens with zero attached hydrogens (tertiary/aromatic N) is 4. The lowest BCUT2D eigenvalue weighted by Crippen LogP contribution is -2.44. The number of nitrogens with one attached hydrogen (secondary N) is 2. The predicted molar refractivity (Wildman–Crippen MR) is 133 cm³/mol. The van der Waals surface area contributed by atoms with Crippen molar-refractivity contribution in [2.45, 2.75) is 32.7 Å². The van der Waals surface area contributed by atoms with E-state index in [1.54, 1.807) is 7.11 Å². The molecule has 0 amide bonds. The molecule has 2 aromatic rings. The molecule has 0 saturated carbocycles. The summed E-state index contributed by atoms with van der Waals surface area (Å²) in [5, 5.41) is 6.80. The standard InChI is InChI=1S/C25H38N6O/c1-5-26-25(27-13-12-20(2)22-7-9-23(32-4)10-8-22)29-19-21-6-11-24(28-18-21)31-16-14-30(3)15-17-31/h6-11,18,20H,5,12-17,19H2,1-4H3,(H2,26,27,29). The maximum absolute atomic E-state index is 5.25. The van der Waals surface area contributed by atoms with Crippen molar-refractivity contribution >= 4 is 11.8 Å². The van der Waals surface area contributed by atoms with Gasteiger partial charge in [-0.3, -0.25) is 0 Å². The number of ether oxygens (including phenoxy) is 1. The fourth-order valence-corrected chi connectivity index (χ4v) is 3.75. The van der Waals surface area contributed by atoms with E-state index in [9.17, 15) is 0 Å². The highest BCUT2D eigenvalue weighted by molar-refractivity contribution is 5.79. The van der Waals surface area contributed by atoms with Crippen LogP contribution in [0.2, 0.25) is 0 Å². The minimum absolute atomic E-state index is 0.461. The molecule has 1 saturated heterocycles. The van der Waals surface area contributed by atoms with Gasteiger partial charge in [-0.05, 0) is 55.6 Å². The highest BCUT2D eigenvalue weighted by Crippen LogP contribution is 2.21. The van der Waals surface area contributed by atoms with Crippen LogP contribution >= 0.6 is 0 Å². The number of likely N-dealkylation sites (N-methyl/N-ethyl adjacent to an activating group) is 1. The molecule has 3 rings (SSSR count). The molecular weight excluding hydrogens is 400 g/mol. The third-order valence-corrected chi connectivity index (χ3v) is 5.95. The quantitative estimate of drug-likeness (QED) is 0.463. The first kappa shape index (κ1) is 23.9. The van der Waals surface area contributed by atoms with Gasteiger partial charge in [-0.25, -0.2) is 9.98 Å². The summed E-state index contributed by atoms with van der Waals surface area (Å²) in [6.45, 7) is 10.9. The number of hydrogen-bond donors (Lipinski definition) is 2. The van der Waals surface area contributed by atoms with Crippen LogP contribution in [0.25, 0.3) is 0 Å². The van der Waals surface area contributed by atoms with Gasteiger partial charge >= 0.3 is 0 Å². The number of hydrogen-bond acceptors (Lipinski definition) is 5. The first-order valence-electron chi connectivity index (χ1n) is 11.6. The highest BCUT2D eigenvalue weighted by Gasteiger charge is 2.15. The third-order valence-electron chi connectivity index (χ3n) is 5.95. The fraction of sp³-hybridized carbons (Fsp3) is 0.520. The molecular formula is C25H38N6O. The molecule has 1 aromatic carbocycles. The number of benzene rings is 1. The third kappa shape index (κ3) is 7.12. The molecule has 2 N–H and O–H groups in total. The molecule has 1 unspecified atom stereocenters. The van der Waals surface area contributed by atoms with Crippen molar-refractivity contribution in [3.63, 3.8) is 0 Å². The van der Waals surface area contributed by atoms with E-state index >= 15 is 0 Å². The molecule has 0 radical (unpaired) electrons. The van der Waals surface area contributed by atoms with Gasteiger partial charge in [0.25, 0.3) is 0 Å². The number of piperazine rings is 1. The lowest BCUT2D eigenvalue weighted by molar-refractivity contribution is 0.312. The zero-order valence-corrected chi connectivity index (χ0v) is 20.0. The average Bonchev–Trinajstić information content (AvgIpc) is 2.83. The summed E-state index contributed by atoms with van der Waals surface area (Å²) in [5.74, 6) is 3.26. The molecule has 32 heavy (non-hydrogen) atoms. The van der Waals surface area contributed by atoms with Crippen LogP contribution in [-0.2, 0) is 6.54 Å². The molecule has 1 aromatic heterocycles. The van der Waals surface area contributed by atoms with E-state index in [0.29, 0.717) is 12.5 Å². The Balaban J connectivity index is 1.48. The molecule has 1 aliphatic rings. The second kappa shape index (κ2) is 12.3. The number of pyridine rings is 1. The Hall–Kier alpha value is -2.80. The van der Waals surface area contributed by atoms with Gasteiger partial charge in [-0.15, -0.1) is 0 Å². The Morgan fingerprint density at radius 3 is 2.47 bits per heavy atom. The van der Waals surface area contributed by atoms with Gasteiger partial charge in [0.05, 0.1) is 13.7 Å². The summed E-state index contributed by atoms with van der Waals surface area (Å²) in [5.41, 5.74) is 2.44. The van der Waals surface area contributed by atoms with Gasteiger partial charge in [0, 0.05) is 45.5 Å². The van der Waals surface area contributed by atoms with Crippen molar-refractivity contribution in [1.82, 2.24) is 20.5 Å². The van der Waals surface area contributed by atoms with E-state index in [1.807, 2.05) is 18.3 Å². The lowest BCUT2D eigenvalue weighted by atomic mass is 9.98. The van der Waals surface area contributed by atoms with Crippen LogP contribution in [0.4, 0.5) is 5.82 Å². The minimum Gasteiger partial charge on any atom is -0.497 e. The van der Waals surface area contributed by atoms with Crippen LogP contribution in [0.1, 0.15) is 37.3 Å². The van der Waals surface area contributed by atoms with Gasteiger partial charge < -0.3 is 25.2 Å². The minimum atomic E-state index is 0.461. The number of rotatable bonds is 9. The largest absolute Gasteiger partial charge is 0.497 e. The van der Waals surface area contributed by atoms with E-state index in [4.69, 9.17) is 9.73 Å². The lowest BCUT2D eigenvalue weighted by Gasteiger charge is -2.33. The van der Waals surface area contributed by atoms with Gasteiger partial charge in [0.1, 0.15) is 11.6 Å². The number of aromatic nitrogens is 1. The highest BCUT2D eigenvalue weighted by atomic mass is 16.5. The number of guanidine groups is 1. The number of methoxy groups -OCH3 is 1. The van der Waals surface area contributed by atoms with Crippen LogP contribution in [0.3, 0.4) is 0 Å². The van der Waals surface area contributed by atoms with Gasteiger partial charge in [-0.2, -0.15) is 0 Å². The van der Waals surface area contributed by atoms with Gasteiger partial charge in [-0.1, -0.05) is 25.1 Å². The van der Waals surface area contributed by atoms with E-state index in [0.717, 1.165) is 68.8 Å². The summed E-state index contributed by atoms with van der Waals surface area (Å²) < 4.78 is 5.25. The number of anilines is 1. The Morgan fingerprint density at radius 2 is 1.84 bits per heavy atom. The molecule has 1 aliphatic heterocycles. The monoisotopic (exact) mass is 438 g/mol. The van der Waals surface area contributed by atoms with Gasteiger partial charge in [0.2, 0.25) is 0 Å². The molecule has 0 spiro atoms. The second-order valence-corrected chi connectivity index (χ2v) is 8.40. The molecule has 0 bridgehead atoms. The maximum atomic E-state index is 5.25. The van der Waals surface area contributed by atoms with Crippen molar-refractivity contribution < 1.29 is 4.74 Å². The van der Waals surface area contributed by atoms with Crippen LogP contribution in [0.5, 0.6) is 5.75 Å². The first-order chi connectivity index (χ1) is 15.6. The normalized spacial score (nSPS) is 16.0. The predicted octanol–water partition coefficient (Wildman–Crippen LogP) is 3.09. The topological polar surface area (TPSA) is 65.0 Å². The second-order valence-electron chi connectivity index (χ2n) is 8.40. The Labute approximate surface area is 192 Å². The Morgan fingerprint density at radius 1 is 1.09 bits per heavy atom. The van der Waals surface area contributed by atoms with E-state index in [2.05, 4.69) is 70.6 Å². The molecule has 174 valence electrons. The van der Waals surface area contributed by atoms with Crippen molar-refractivity contribution in [3.05, 3.63) is 53.7 Å². The summed E-state index contributed by atoms with van der Waals surface area (Å²) in [6.07, 6.45) is 2.98. The Kier molecular flexibility index (Phi) is 9.16. The summed E-state index contributed by atoms with van der Waals surface area (Å²) in [7, 11) is 3.86. The van der Waals surface area contributed by atoms with E-state index < -0.39 is 0 Å². The van der Waals surface area contributed by atoms with Crippen molar-refractivity contribution in [3.8, 4) is 5.75 Å².